The van der Waals surface area contributed by atoms with E-state index < -0.39 is 38.7 Å². The van der Waals surface area contributed by atoms with Crippen molar-refractivity contribution in [3.63, 3.8) is 0 Å². The summed E-state index contributed by atoms with van der Waals surface area (Å²) >= 11 is 2.88. The van der Waals surface area contributed by atoms with E-state index in [0.29, 0.717) is 0 Å². The van der Waals surface area contributed by atoms with Gasteiger partial charge in [-0.3, -0.25) is 4.79 Å². The molecule has 2 N–H and O–H groups in total. The van der Waals surface area contributed by atoms with Crippen molar-refractivity contribution in [1.29, 1.82) is 0 Å². The van der Waals surface area contributed by atoms with Crippen LogP contribution in [0.5, 0.6) is 0 Å². The van der Waals surface area contributed by atoms with E-state index >= 15 is 0 Å². The van der Waals surface area contributed by atoms with Crippen molar-refractivity contribution in [3.8, 4) is 0 Å². The number of carboxylic acids is 1. The Bertz CT molecular complexity index is 588. The van der Waals surface area contributed by atoms with Crippen molar-refractivity contribution >= 4 is 31.9 Å². The van der Waals surface area contributed by atoms with Crippen LogP contribution in [-0.4, -0.2) is 25.5 Å². The molecule has 1 aromatic rings. The minimum absolute atomic E-state index is 0.00760. The van der Waals surface area contributed by atoms with Crippen LogP contribution >= 0.6 is 15.9 Å². The fourth-order valence-electron chi connectivity index (χ4n) is 1.39. The van der Waals surface area contributed by atoms with E-state index in [1.54, 1.807) is 13.8 Å². The number of sulfonamides is 1. The Kier molecular flexibility index (Phi) is 5.05. The fraction of sp³-hybridized carbons (Fsp3) is 0.364. The number of nitrogens with one attached hydrogen (secondary N) is 1. The first-order valence-electron chi connectivity index (χ1n) is 5.36. The Morgan fingerprint density at radius 1 is 1.42 bits per heavy atom. The molecule has 0 fully saturated rings. The predicted octanol–water partition coefficient (Wildman–Crippen LogP) is 1.98. The van der Waals surface area contributed by atoms with Gasteiger partial charge < -0.3 is 5.11 Å². The lowest BCUT2D eigenvalue weighted by Crippen LogP contribution is -2.44. The van der Waals surface area contributed by atoms with Crippen molar-refractivity contribution in [2.24, 2.45) is 5.92 Å². The molecule has 0 aliphatic rings. The first kappa shape index (κ1) is 16.1. The van der Waals surface area contributed by atoms with Gasteiger partial charge >= 0.3 is 5.97 Å². The average Bonchev–Trinajstić information content (AvgIpc) is 2.28. The highest BCUT2D eigenvalue weighted by atomic mass is 79.9. The van der Waals surface area contributed by atoms with E-state index in [1.165, 1.54) is 12.1 Å². The third-order valence-corrected chi connectivity index (χ3v) is 4.49. The monoisotopic (exact) mass is 353 g/mol. The molecule has 8 heteroatoms. The molecule has 0 aromatic heterocycles. The normalized spacial score (nSPS) is 13.5. The molecule has 1 rings (SSSR count). The van der Waals surface area contributed by atoms with Gasteiger partial charge in [-0.15, -0.1) is 0 Å². The average molecular weight is 354 g/mol. The summed E-state index contributed by atoms with van der Waals surface area (Å²) in [5.74, 6) is -2.74. The Labute approximate surface area is 119 Å². The van der Waals surface area contributed by atoms with Crippen molar-refractivity contribution in [2.75, 3.05) is 0 Å². The Hall–Kier alpha value is -0.990. The predicted molar refractivity (Wildman–Crippen MR) is 70.7 cm³/mol. The number of carboxylic acid groups (broad SMARTS) is 1. The summed E-state index contributed by atoms with van der Waals surface area (Å²) < 4.78 is 39.7. The fourth-order valence-corrected chi connectivity index (χ4v) is 3.33. The number of hydrogen-bond donors (Lipinski definition) is 2. The molecule has 1 aromatic carbocycles. The summed E-state index contributed by atoms with van der Waals surface area (Å²) in [4.78, 5) is 10.4. The molecule has 1 unspecified atom stereocenters. The summed E-state index contributed by atoms with van der Waals surface area (Å²) in [6.45, 7) is 3.11. The molecule has 106 valence electrons. The van der Waals surface area contributed by atoms with Crippen molar-refractivity contribution < 1.29 is 22.7 Å². The van der Waals surface area contributed by atoms with Gasteiger partial charge in [0.15, 0.2) is 5.82 Å². The SMILES string of the molecule is CC(C)C(NS(=O)(=O)c1cccc(Br)c1F)C(=O)O. The summed E-state index contributed by atoms with van der Waals surface area (Å²) in [6, 6.07) is 2.46. The maximum atomic E-state index is 13.7. The lowest BCUT2D eigenvalue weighted by Gasteiger charge is -2.18. The number of halogens is 2. The minimum Gasteiger partial charge on any atom is -0.480 e. The zero-order valence-electron chi connectivity index (χ0n) is 10.2. The molecular weight excluding hydrogens is 341 g/mol. The van der Waals surface area contributed by atoms with Crippen LogP contribution in [0.15, 0.2) is 27.6 Å². The van der Waals surface area contributed by atoms with Crippen molar-refractivity contribution in [1.82, 2.24) is 4.72 Å². The largest absolute Gasteiger partial charge is 0.480 e. The lowest BCUT2D eigenvalue weighted by molar-refractivity contribution is -0.140. The first-order chi connectivity index (χ1) is 8.66. The van der Waals surface area contributed by atoms with Crippen LogP contribution in [0, 0.1) is 11.7 Å². The van der Waals surface area contributed by atoms with Gasteiger partial charge in [0.2, 0.25) is 10.0 Å². The van der Waals surface area contributed by atoms with E-state index in [9.17, 15) is 17.6 Å². The summed E-state index contributed by atoms with van der Waals surface area (Å²) in [5.41, 5.74) is 0. The van der Waals surface area contributed by atoms with Gasteiger partial charge in [0.1, 0.15) is 10.9 Å². The number of hydrogen-bond acceptors (Lipinski definition) is 3. The lowest BCUT2D eigenvalue weighted by atomic mass is 10.1. The van der Waals surface area contributed by atoms with Crippen LogP contribution < -0.4 is 4.72 Å². The summed E-state index contributed by atoms with van der Waals surface area (Å²) in [5, 5.41) is 8.95. The third-order valence-electron chi connectivity index (χ3n) is 2.42. The second-order valence-electron chi connectivity index (χ2n) is 4.23. The maximum Gasteiger partial charge on any atom is 0.322 e. The highest BCUT2D eigenvalue weighted by Gasteiger charge is 2.30. The molecule has 0 aliphatic heterocycles. The van der Waals surface area contributed by atoms with E-state index in [4.69, 9.17) is 5.11 Å². The molecule has 0 spiro atoms. The Balaban J connectivity index is 3.18. The van der Waals surface area contributed by atoms with E-state index in [-0.39, 0.29) is 4.47 Å². The molecule has 0 aliphatic carbocycles. The standard InChI is InChI=1S/C11H13BrFNO4S/c1-6(2)10(11(15)16)14-19(17,18)8-5-3-4-7(12)9(8)13/h3-6,10,14H,1-2H3,(H,15,16). The second kappa shape index (κ2) is 5.98. The number of aliphatic carboxylic acids is 1. The minimum atomic E-state index is -4.24. The van der Waals surface area contributed by atoms with Gasteiger partial charge in [0, 0.05) is 0 Å². The van der Waals surface area contributed by atoms with Crippen LogP contribution in [0.3, 0.4) is 0 Å². The highest BCUT2D eigenvalue weighted by Crippen LogP contribution is 2.22. The maximum absolute atomic E-state index is 13.7. The Morgan fingerprint density at radius 3 is 2.47 bits per heavy atom. The molecule has 1 atom stereocenters. The van der Waals surface area contributed by atoms with Gasteiger partial charge in [0.25, 0.3) is 0 Å². The van der Waals surface area contributed by atoms with Gasteiger partial charge in [-0.05, 0) is 34.0 Å². The van der Waals surface area contributed by atoms with Gasteiger partial charge in [-0.2, -0.15) is 4.72 Å². The molecule has 0 radical (unpaired) electrons. The first-order valence-corrected chi connectivity index (χ1v) is 7.63. The second-order valence-corrected chi connectivity index (χ2v) is 6.77. The summed E-state index contributed by atoms with van der Waals surface area (Å²) in [6.07, 6.45) is 0. The van der Waals surface area contributed by atoms with Gasteiger partial charge in [0.05, 0.1) is 4.47 Å². The Morgan fingerprint density at radius 2 is 2.00 bits per heavy atom. The molecule has 5 nitrogen and oxygen atoms in total. The van der Waals surface area contributed by atoms with E-state index in [2.05, 4.69) is 15.9 Å². The van der Waals surface area contributed by atoms with E-state index in [1.807, 2.05) is 4.72 Å². The molecule has 0 heterocycles. The highest BCUT2D eigenvalue weighted by molar-refractivity contribution is 9.10. The van der Waals surface area contributed by atoms with E-state index in [0.717, 1.165) is 6.07 Å². The number of rotatable bonds is 5. The molecule has 0 saturated carbocycles. The van der Waals surface area contributed by atoms with Gasteiger partial charge in [-0.25, -0.2) is 12.8 Å². The smallest absolute Gasteiger partial charge is 0.322 e. The summed E-state index contributed by atoms with van der Waals surface area (Å²) in [7, 11) is -4.24. The number of carbonyl (C=O) groups is 1. The molecule has 0 amide bonds. The van der Waals surface area contributed by atoms with Gasteiger partial charge in [-0.1, -0.05) is 19.9 Å². The zero-order valence-corrected chi connectivity index (χ0v) is 12.6. The van der Waals surface area contributed by atoms with Crippen molar-refractivity contribution in [3.05, 3.63) is 28.5 Å². The van der Waals surface area contributed by atoms with Crippen LogP contribution in [-0.2, 0) is 14.8 Å². The van der Waals surface area contributed by atoms with Crippen LogP contribution in [0.2, 0.25) is 0 Å². The molecular formula is C11H13BrFNO4S. The molecule has 0 bridgehead atoms. The zero-order chi connectivity index (χ0) is 14.8. The van der Waals surface area contributed by atoms with Crippen molar-refractivity contribution in [2.45, 2.75) is 24.8 Å². The molecule has 0 saturated heterocycles. The quantitative estimate of drug-likeness (QED) is 0.847. The molecule has 19 heavy (non-hydrogen) atoms. The third kappa shape index (κ3) is 3.74. The number of benzene rings is 1. The van der Waals surface area contributed by atoms with Crippen LogP contribution in [0.1, 0.15) is 13.8 Å². The van der Waals surface area contributed by atoms with Crippen LogP contribution in [0.25, 0.3) is 0 Å². The van der Waals surface area contributed by atoms with Crippen LogP contribution in [0.4, 0.5) is 4.39 Å². The topological polar surface area (TPSA) is 83.5 Å².